The molecule has 0 heterocycles. The lowest BCUT2D eigenvalue weighted by molar-refractivity contribution is 0.0933. The third-order valence-electron chi connectivity index (χ3n) is 3.27. The van der Waals surface area contributed by atoms with E-state index in [4.69, 9.17) is 5.73 Å². The maximum absolute atomic E-state index is 13.5. The average Bonchev–Trinajstić information content (AvgIpc) is 2.63. The predicted molar refractivity (Wildman–Crippen MR) is 65.1 cm³/mol. The number of halogens is 1. The zero-order valence-corrected chi connectivity index (χ0v) is 9.87. The van der Waals surface area contributed by atoms with Crippen molar-refractivity contribution in [3.63, 3.8) is 0 Å². The topological polar surface area (TPSA) is 55.1 Å². The number of amides is 1. The number of rotatable bonds is 2. The first-order valence-electron chi connectivity index (χ1n) is 5.92. The summed E-state index contributed by atoms with van der Waals surface area (Å²) >= 11 is 0. The molecular formula is C13H17FN2O. The van der Waals surface area contributed by atoms with E-state index in [1.165, 1.54) is 18.2 Å². The summed E-state index contributed by atoms with van der Waals surface area (Å²) in [6.07, 6.45) is 3.07. The van der Waals surface area contributed by atoms with E-state index in [1.54, 1.807) is 0 Å². The highest BCUT2D eigenvalue weighted by Crippen LogP contribution is 2.25. The van der Waals surface area contributed by atoms with Crippen molar-refractivity contribution in [2.45, 2.75) is 32.2 Å². The molecule has 0 radical (unpaired) electrons. The largest absolute Gasteiger partial charge is 0.399 e. The number of carbonyl (C=O) groups excluding carboxylic acids is 1. The standard InChI is InChI=1S/C13H17FN2O/c1-8-2-4-10(6-8)16-13(17)11-5-3-9(15)7-12(11)14/h3,5,7-8,10H,2,4,6,15H2,1H3,(H,16,17). The van der Waals surface area contributed by atoms with Crippen LogP contribution in [0.25, 0.3) is 0 Å². The molecule has 0 aromatic heterocycles. The Hall–Kier alpha value is -1.58. The van der Waals surface area contributed by atoms with E-state index in [2.05, 4.69) is 12.2 Å². The number of carbonyl (C=O) groups is 1. The molecule has 2 unspecified atom stereocenters. The van der Waals surface area contributed by atoms with Crippen molar-refractivity contribution in [2.24, 2.45) is 5.92 Å². The van der Waals surface area contributed by atoms with Gasteiger partial charge in [-0.2, -0.15) is 0 Å². The molecule has 0 spiro atoms. The van der Waals surface area contributed by atoms with Crippen LogP contribution in [-0.4, -0.2) is 11.9 Å². The van der Waals surface area contributed by atoms with Gasteiger partial charge in [0.05, 0.1) is 5.56 Å². The second kappa shape index (κ2) is 4.73. The summed E-state index contributed by atoms with van der Waals surface area (Å²) in [4.78, 5) is 11.8. The minimum Gasteiger partial charge on any atom is -0.399 e. The molecule has 1 amide bonds. The van der Waals surface area contributed by atoms with Gasteiger partial charge in [-0.1, -0.05) is 6.92 Å². The third kappa shape index (κ3) is 2.75. The number of nitrogens with two attached hydrogens (primary N) is 1. The first-order chi connectivity index (χ1) is 8.06. The highest BCUT2D eigenvalue weighted by molar-refractivity contribution is 5.95. The monoisotopic (exact) mass is 236 g/mol. The molecule has 1 aliphatic carbocycles. The quantitative estimate of drug-likeness (QED) is 0.774. The van der Waals surface area contributed by atoms with Gasteiger partial charge in [-0.15, -0.1) is 0 Å². The van der Waals surface area contributed by atoms with Crippen molar-refractivity contribution in [3.8, 4) is 0 Å². The Morgan fingerprint density at radius 3 is 2.82 bits per heavy atom. The Balaban J connectivity index is 2.04. The molecule has 2 rings (SSSR count). The molecule has 2 atom stereocenters. The minimum absolute atomic E-state index is 0.0683. The zero-order valence-electron chi connectivity index (χ0n) is 9.87. The molecule has 0 bridgehead atoms. The molecule has 1 saturated carbocycles. The second-order valence-electron chi connectivity index (χ2n) is 4.83. The predicted octanol–water partition coefficient (Wildman–Crippen LogP) is 2.33. The smallest absolute Gasteiger partial charge is 0.254 e. The van der Waals surface area contributed by atoms with Gasteiger partial charge in [0.25, 0.3) is 5.91 Å². The molecule has 0 saturated heterocycles. The first kappa shape index (κ1) is 11.9. The van der Waals surface area contributed by atoms with Crippen LogP contribution in [-0.2, 0) is 0 Å². The van der Waals surface area contributed by atoms with Crippen LogP contribution in [0.5, 0.6) is 0 Å². The van der Waals surface area contributed by atoms with Gasteiger partial charge in [0.2, 0.25) is 0 Å². The van der Waals surface area contributed by atoms with Gasteiger partial charge in [-0.05, 0) is 43.4 Å². The van der Waals surface area contributed by atoms with E-state index in [0.717, 1.165) is 19.3 Å². The number of nitrogens with one attached hydrogen (secondary N) is 1. The van der Waals surface area contributed by atoms with Gasteiger partial charge < -0.3 is 11.1 Å². The summed E-state index contributed by atoms with van der Waals surface area (Å²) in [5.41, 5.74) is 5.83. The van der Waals surface area contributed by atoms with Crippen molar-refractivity contribution in [1.82, 2.24) is 5.32 Å². The molecule has 3 nitrogen and oxygen atoms in total. The average molecular weight is 236 g/mol. The van der Waals surface area contributed by atoms with Gasteiger partial charge in [-0.3, -0.25) is 4.79 Å². The number of hydrogen-bond acceptors (Lipinski definition) is 2. The van der Waals surface area contributed by atoms with Crippen LogP contribution < -0.4 is 11.1 Å². The van der Waals surface area contributed by atoms with Gasteiger partial charge >= 0.3 is 0 Å². The molecule has 1 aromatic carbocycles. The molecular weight excluding hydrogens is 219 g/mol. The Kier molecular flexibility index (Phi) is 3.31. The summed E-state index contributed by atoms with van der Waals surface area (Å²) in [6.45, 7) is 2.16. The summed E-state index contributed by atoms with van der Waals surface area (Å²) in [5.74, 6) is -0.272. The van der Waals surface area contributed by atoms with Crippen LogP contribution in [0.3, 0.4) is 0 Å². The van der Waals surface area contributed by atoms with E-state index >= 15 is 0 Å². The fourth-order valence-electron chi connectivity index (χ4n) is 2.32. The van der Waals surface area contributed by atoms with Gasteiger partial charge in [0, 0.05) is 11.7 Å². The van der Waals surface area contributed by atoms with Crippen LogP contribution >= 0.6 is 0 Å². The molecule has 1 fully saturated rings. The number of nitrogen functional groups attached to an aromatic ring is 1. The normalized spacial score (nSPS) is 23.6. The van der Waals surface area contributed by atoms with Crippen LogP contribution in [0.1, 0.15) is 36.5 Å². The van der Waals surface area contributed by atoms with E-state index < -0.39 is 5.82 Å². The van der Waals surface area contributed by atoms with Gasteiger partial charge in [-0.25, -0.2) is 4.39 Å². The Bertz CT molecular complexity index is 433. The number of anilines is 1. The maximum Gasteiger partial charge on any atom is 0.254 e. The molecule has 4 heteroatoms. The van der Waals surface area contributed by atoms with E-state index in [-0.39, 0.29) is 17.5 Å². The van der Waals surface area contributed by atoms with Crippen molar-refractivity contribution in [1.29, 1.82) is 0 Å². The zero-order chi connectivity index (χ0) is 12.4. The third-order valence-corrected chi connectivity index (χ3v) is 3.27. The highest BCUT2D eigenvalue weighted by atomic mass is 19.1. The van der Waals surface area contributed by atoms with Crippen LogP contribution in [0.15, 0.2) is 18.2 Å². The highest BCUT2D eigenvalue weighted by Gasteiger charge is 2.23. The summed E-state index contributed by atoms with van der Waals surface area (Å²) < 4.78 is 13.5. The lowest BCUT2D eigenvalue weighted by Gasteiger charge is -2.13. The first-order valence-corrected chi connectivity index (χ1v) is 5.92. The SMILES string of the molecule is CC1CCC(NC(=O)c2ccc(N)cc2F)C1. The van der Waals surface area contributed by atoms with Crippen LogP contribution in [0, 0.1) is 11.7 Å². The summed E-state index contributed by atoms with van der Waals surface area (Å²) in [6, 6.07) is 4.31. The number of benzene rings is 1. The molecule has 1 aromatic rings. The summed E-state index contributed by atoms with van der Waals surface area (Å²) in [7, 11) is 0. The van der Waals surface area contributed by atoms with Crippen LogP contribution in [0.2, 0.25) is 0 Å². The van der Waals surface area contributed by atoms with Crippen molar-refractivity contribution >= 4 is 11.6 Å². The Morgan fingerprint density at radius 2 is 2.24 bits per heavy atom. The fourth-order valence-corrected chi connectivity index (χ4v) is 2.32. The Morgan fingerprint density at radius 1 is 1.47 bits per heavy atom. The fraction of sp³-hybridized carbons (Fsp3) is 0.462. The van der Waals surface area contributed by atoms with Crippen LogP contribution in [0.4, 0.5) is 10.1 Å². The Labute approximate surface area is 100 Å². The van der Waals surface area contributed by atoms with E-state index in [9.17, 15) is 9.18 Å². The van der Waals surface area contributed by atoms with E-state index in [0.29, 0.717) is 11.6 Å². The maximum atomic E-state index is 13.5. The lowest BCUT2D eigenvalue weighted by Crippen LogP contribution is -2.33. The van der Waals surface area contributed by atoms with Gasteiger partial charge in [0.1, 0.15) is 5.82 Å². The second-order valence-corrected chi connectivity index (χ2v) is 4.83. The van der Waals surface area contributed by atoms with Crippen molar-refractivity contribution in [2.75, 3.05) is 5.73 Å². The lowest BCUT2D eigenvalue weighted by atomic mass is 10.1. The van der Waals surface area contributed by atoms with E-state index in [1.807, 2.05) is 0 Å². The van der Waals surface area contributed by atoms with Crippen molar-refractivity contribution in [3.05, 3.63) is 29.6 Å². The van der Waals surface area contributed by atoms with Gasteiger partial charge in [0.15, 0.2) is 0 Å². The molecule has 0 aliphatic heterocycles. The van der Waals surface area contributed by atoms with Crippen molar-refractivity contribution < 1.29 is 9.18 Å². The molecule has 17 heavy (non-hydrogen) atoms. The summed E-state index contributed by atoms with van der Waals surface area (Å²) in [5, 5.41) is 2.87. The molecule has 3 N–H and O–H groups in total. The molecule has 92 valence electrons. The minimum atomic E-state index is -0.562. The molecule has 1 aliphatic rings. The number of hydrogen-bond donors (Lipinski definition) is 2.